The van der Waals surface area contributed by atoms with E-state index in [1.54, 1.807) is 24.5 Å². The van der Waals surface area contributed by atoms with Crippen molar-refractivity contribution >= 4 is 23.6 Å². The van der Waals surface area contributed by atoms with Crippen molar-refractivity contribution in [1.82, 2.24) is 20.2 Å². The van der Waals surface area contributed by atoms with Crippen molar-refractivity contribution in [3.63, 3.8) is 0 Å². The molecule has 3 heterocycles. The van der Waals surface area contributed by atoms with Gasteiger partial charge in [-0.25, -0.2) is 19.6 Å². The van der Waals surface area contributed by atoms with Gasteiger partial charge in [0.2, 0.25) is 5.95 Å². The molecule has 0 radical (unpaired) electrons. The fraction of sp³-hybridized carbons (Fsp3) is 0.368. The van der Waals surface area contributed by atoms with E-state index in [9.17, 15) is 14.7 Å². The molecule has 0 aliphatic carbocycles. The number of piperazine rings is 1. The van der Waals surface area contributed by atoms with Crippen LogP contribution in [0.4, 0.5) is 16.4 Å². The average molecular weight is 681 g/mol. The number of carbonyl (C=O) groups is 2. The maximum atomic E-state index is 12.9. The molecule has 262 valence electrons. The number of aliphatic hydroxyl groups is 1. The van der Waals surface area contributed by atoms with Crippen molar-refractivity contribution in [3.05, 3.63) is 120 Å². The molecule has 3 aromatic carbocycles. The highest BCUT2D eigenvalue weighted by Crippen LogP contribution is 2.42. The van der Waals surface area contributed by atoms with Gasteiger partial charge < -0.3 is 34.9 Å². The van der Waals surface area contributed by atoms with Gasteiger partial charge in [0.05, 0.1) is 25.9 Å². The van der Waals surface area contributed by atoms with E-state index in [2.05, 4.69) is 37.3 Å². The third-order valence-corrected chi connectivity index (χ3v) is 9.28. The molecule has 2 fully saturated rings. The highest BCUT2D eigenvalue weighted by atomic mass is 16.7. The maximum absolute atomic E-state index is 12.9. The van der Waals surface area contributed by atoms with Crippen LogP contribution in [0.25, 0.3) is 0 Å². The molecule has 12 nitrogen and oxygen atoms in total. The number of amides is 2. The second kappa shape index (κ2) is 16.7. The lowest BCUT2D eigenvalue weighted by Gasteiger charge is -2.44. The summed E-state index contributed by atoms with van der Waals surface area (Å²) in [6.45, 7) is 6.24. The Bertz CT molecular complexity index is 1670. The topological polar surface area (TPSA) is 138 Å². The number of carbonyl (C=O) groups excluding carboxylic acids is 2. The third kappa shape index (κ3) is 8.82. The zero-order valence-corrected chi connectivity index (χ0v) is 28.4. The van der Waals surface area contributed by atoms with E-state index in [1.165, 1.54) is 7.11 Å². The van der Waals surface area contributed by atoms with Crippen LogP contribution in [0.2, 0.25) is 0 Å². The van der Waals surface area contributed by atoms with Crippen LogP contribution in [0.3, 0.4) is 0 Å². The summed E-state index contributed by atoms with van der Waals surface area (Å²) in [5, 5.41) is 15.1. The van der Waals surface area contributed by atoms with Gasteiger partial charge in [-0.05, 0) is 34.9 Å². The van der Waals surface area contributed by atoms with E-state index in [0.717, 1.165) is 60.9 Å². The summed E-state index contributed by atoms with van der Waals surface area (Å²) < 4.78 is 18.2. The predicted octanol–water partition coefficient (Wildman–Crippen LogP) is 4.49. The number of nitrogens with one attached hydrogen (secondary N) is 2. The lowest BCUT2D eigenvalue weighted by atomic mass is 9.90. The summed E-state index contributed by atoms with van der Waals surface area (Å²) in [4.78, 5) is 38.8. The number of aliphatic hydroxyl groups excluding tert-OH is 1. The first-order valence-electron chi connectivity index (χ1n) is 16.9. The minimum atomic E-state index is -0.845. The standard InChI is InChI=1S/C38H44N6O6/c1-26-33(24-43-19-21-44(22-20-43)37-39-17-6-18-40-37)49-36(50-34(26)29-11-9-28(25-45)10-12-29)30-13-15-31(16-14-30)41-38(47)42-32(35(46)48-2)23-27-7-4-3-5-8-27/h3-18,26,32-34,36,45H,19-25H2,1-2H3,(H2,41,42,47)/t26-,32-,33+,34+,36+/m0/s1. The second-order valence-corrected chi connectivity index (χ2v) is 12.6. The first-order valence-corrected chi connectivity index (χ1v) is 16.9. The lowest BCUT2D eigenvalue weighted by Crippen LogP contribution is -2.51. The zero-order valence-electron chi connectivity index (χ0n) is 28.4. The molecule has 12 heteroatoms. The van der Waals surface area contributed by atoms with E-state index in [4.69, 9.17) is 14.2 Å². The molecule has 2 aliphatic rings. The lowest BCUT2D eigenvalue weighted by molar-refractivity contribution is -0.276. The number of esters is 1. The number of hydrogen-bond acceptors (Lipinski definition) is 10. The van der Waals surface area contributed by atoms with E-state index < -0.39 is 24.3 Å². The van der Waals surface area contributed by atoms with Crippen LogP contribution in [0.15, 0.2) is 97.3 Å². The van der Waals surface area contributed by atoms with Gasteiger partial charge in [0, 0.05) is 68.7 Å². The Labute approximate surface area is 292 Å². The zero-order chi connectivity index (χ0) is 34.9. The smallest absolute Gasteiger partial charge is 0.328 e. The van der Waals surface area contributed by atoms with Crippen molar-refractivity contribution < 1.29 is 28.9 Å². The van der Waals surface area contributed by atoms with Gasteiger partial charge in [0.15, 0.2) is 6.29 Å². The van der Waals surface area contributed by atoms with E-state index in [1.807, 2.05) is 72.8 Å². The maximum Gasteiger partial charge on any atom is 0.328 e. The van der Waals surface area contributed by atoms with Crippen LogP contribution in [-0.4, -0.2) is 84.0 Å². The Hall–Kier alpha value is -4.88. The van der Waals surface area contributed by atoms with E-state index >= 15 is 0 Å². The fourth-order valence-corrected chi connectivity index (χ4v) is 6.40. The minimum Gasteiger partial charge on any atom is -0.467 e. The number of anilines is 2. The molecular weight excluding hydrogens is 636 g/mol. The molecule has 0 saturated carbocycles. The molecule has 5 atom stereocenters. The van der Waals surface area contributed by atoms with Gasteiger partial charge in [-0.15, -0.1) is 0 Å². The predicted molar refractivity (Wildman–Crippen MR) is 188 cm³/mol. The molecule has 50 heavy (non-hydrogen) atoms. The van der Waals surface area contributed by atoms with Crippen molar-refractivity contribution in [1.29, 1.82) is 0 Å². The number of hydrogen-bond donors (Lipinski definition) is 3. The number of rotatable bonds is 11. The van der Waals surface area contributed by atoms with Crippen LogP contribution in [-0.2, 0) is 32.0 Å². The Morgan fingerprint density at radius 3 is 2.22 bits per heavy atom. The number of aromatic nitrogens is 2. The normalized spacial score (nSPS) is 21.6. The van der Waals surface area contributed by atoms with Gasteiger partial charge in [-0.1, -0.05) is 73.7 Å². The highest BCUT2D eigenvalue weighted by Gasteiger charge is 2.39. The van der Waals surface area contributed by atoms with Crippen molar-refractivity contribution in [2.24, 2.45) is 5.92 Å². The Kier molecular flexibility index (Phi) is 11.7. The number of urea groups is 1. The number of benzene rings is 3. The van der Waals surface area contributed by atoms with Crippen LogP contribution in [0.1, 0.15) is 41.6 Å². The fourth-order valence-electron chi connectivity index (χ4n) is 6.40. The molecule has 0 spiro atoms. The summed E-state index contributed by atoms with van der Waals surface area (Å²) in [5.74, 6) is 0.271. The second-order valence-electron chi connectivity index (χ2n) is 12.6. The quantitative estimate of drug-likeness (QED) is 0.194. The number of nitrogens with zero attached hydrogens (tertiary/aromatic N) is 4. The van der Waals surface area contributed by atoms with E-state index in [0.29, 0.717) is 12.1 Å². The third-order valence-electron chi connectivity index (χ3n) is 9.28. The average Bonchev–Trinajstić information content (AvgIpc) is 3.16. The highest BCUT2D eigenvalue weighted by molar-refractivity contribution is 5.92. The molecule has 0 bridgehead atoms. The molecule has 1 aromatic heterocycles. The molecule has 2 amide bonds. The molecule has 2 saturated heterocycles. The Morgan fingerprint density at radius 1 is 0.880 bits per heavy atom. The largest absolute Gasteiger partial charge is 0.467 e. The summed E-state index contributed by atoms with van der Waals surface area (Å²) in [6.07, 6.45) is 2.83. The van der Waals surface area contributed by atoms with Crippen molar-refractivity contribution in [3.8, 4) is 0 Å². The van der Waals surface area contributed by atoms with Gasteiger partial charge in [0.25, 0.3) is 0 Å². The SMILES string of the molecule is COC(=O)[C@H](Cc1ccccc1)NC(=O)Nc1ccc([C@@H]2O[C@H](CN3CCN(c4ncccn4)CC3)[C@H](C)[C@H](c3ccc(CO)cc3)O2)cc1. The first kappa shape index (κ1) is 35.0. The van der Waals surface area contributed by atoms with Crippen LogP contribution in [0, 0.1) is 5.92 Å². The van der Waals surface area contributed by atoms with Gasteiger partial charge >= 0.3 is 12.0 Å². The summed E-state index contributed by atoms with van der Waals surface area (Å²) >= 11 is 0. The summed E-state index contributed by atoms with van der Waals surface area (Å²) in [5.41, 5.74) is 4.12. The minimum absolute atomic E-state index is 0.0233. The molecule has 4 aromatic rings. The van der Waals surface area contributed by atoms with Gasteiger partial charge in [0.1, 0.15) is 6.04 Å². The van der Waals surface area contributed by atoms with Gasteiger partial charge in [-0.3, -0.25) is 4.90 Å². The summed E-state index contributed by atoms with van der Waals surface area (Å²) in [6, 6.07) is 25.1. The molecule has 3 N–H and O–H groups in total. The molecular formula is C38H44N6O6. The monoisotopic (exact) mass is 680 g/mol. The Balaban J connectivity index is 1.12. The van der Waals surface area contributed by atoms with Crippen molar-refractivity contribution in [2.45, 2.75) is 44.5 Å². The summed E-state index contributed by atoms with van der Waals surface area (Å²) in [7, 11) is 1.30. The Morgan fingerprint density at radius 2 is 1.56 bits per heavy atom. The van der Waals surface area contributed by atoms with E-state index in [-0.39, 0.29) is 24.7 Å². The molecule has 6 rings (SSSR count). The number of methoxy groups -OCH3 is 1. The van der Waals surface area contributed by atoms with Crippen LogP contribution >= 0.6 is 0 Å². The first-order chi connectivity index (χ1) is 24.4. The number of ether oxygens (including phenoxy) is 3. The van der Waals surface area contributed by atoms with Crippen molar-refractivity contribution in [2.75, 3.05) is 50.1 Å². The van der Waals surface area contributed by atoms with Crippen LogP contribution < -0.4 is 15.5 Å². The molecule has 2 aliphatic heterocycles. The molecule has 0 unspecified atom stereocenters. The van der Waals surface area contributed by atoms with Gasteiger partial charge in [-0.2, -0.15) is 0 Å². The van der Waals surface area contributed by atoms with Crippen LogP contribution in [0.5, 0.6) is 0 Å².